The molecule has 8 heteroatoms. The molecular weight excluding hydrogens is 444 g/mol. The third-order valence-electron chi connectivity index (χ3n) is 4.58. The van der Waals surface area contributed by atoms with Crippen molar-refractivity contribution in [3.8, 4) is 29.0 Å². The van der Waals surface area contributed by atoms with E-state index in [0.717, 1.165) is 26.9 Å². The minimum atomic E-state index is -0.444. The number of aromatic amines is 1. The molecule has 1 aromatic heterocycles. The van der Waals surface area contributed by atoms with Crippen LogP contribution in [0, 0.1) is 11.3 Å². The lowest BCUT2D eigenvalue weighted by Gasteiger charge is -2.24. The predicted octanol–water partition coefficient (Wildman–Crippen LogP) is 4.72. The quantitative estimate of drug-likeness (QED) is 0.593. The van der Waals surface area contributed by atoms with Gasteiger partial charge in [0, 0.05) is 10.6 Å². The van der Waals surface area contributed by atoms with Crippen LogP contribution in [0.3, 0.4) is 0 Å². The van der Waals surface area contributed by atoms with Gasteiger partial charge in [-0.3, -0.25) is 5.10 Å². The Morgan fingerprint density at radius 1 is 1.29 bits per heavy atom. The maximum Gasteiger partial charge on any atom is 0.244 e. The normalized spacial score (nSPS) is 15.6. The third kappa shape index (κ3) is 3.01. The largest absolute Gasteiger partial charge is 0.496 e. The number of nitrogens with two attached hydrogens (primary N) is 1. The predicted molar refractivity (Wildman–Crippen MR) is 109 cm³/mol. The summed E-state index contributed by atoms with van der Waals surface area (Å²) in [6.45, 7) is 0. The van der Waals surface area contributed by atoms with Crippen molar-refractivity contribution >= 4 is 27.5 Å². The number of allylic oxidation sites excluding steroid dienone is 1. The van der Waals surface area contributed by atoms with E-state index in [4.69, 9.17) is 26.8 Å². The molecule has 1 atom stereocenters. The number of hydrogen-bond acceptors (Lipinski definition) is 5. The average molecular weight is 458 g/mol. The molecule has 0 saturated heterocycles. The summed E-state index contributed by atoms with van der Waals surface area (Å²) in [7, 11) is 1.60. The molecule has 6 nitrogen and oxygen atoms in total. The minimum absolute atomic E-state index is 0.0427. The average Bonchev–Trinajstić information content (AvgIpc) is 3.10. The van der Waals surface area contributed by atoms with Gasteiger partial charge in [0.25, 0.3) is 0 Å². The van der Waals surface area contributed by atoms with E-state index >= 15 is 0 Å². The summed E-state index contributed by atoms with van der Waals surface area (Å²) < 4.78 is 11.7. The van der Waals surface area contributed by atoms with Crippen LogP contribution in [0.15, 0.2) is 58.4 Å². The Kier molecular flexibility index (Phi) is 4.75. The first-order valence-electron chi connectivity index (χ1n) is 8.28. The van der Waals surface area contributed by atoms with Gasteiger partial charge in [-0.1, -0.05) is 29.8 Å². The number of halogens is 2. The number of aromatic nitrogens is 2. The van der Waals surface area contributed by atoms with Crippen molar-refractivity contribution < 1.29 is 9.47 Å². The molecule has 0 saturated carbocycles. The fraction of sp³-hybridized carbons (Fsp3) is 0.100. The molecule has 0 fully saturated rings. The van der Waals surface area contributed by atoms with Crippen molar-refractivity contribution in [1.82, 2.24) is 10.2 Å². The van der Waals surface area contributed by atoms with Crippen molar-refractivity contribution in [2.24, 2.45) is 5.73 Å². The fourth-order valence-electron chi connectivity index (χ4n) is 3.28. The van der Waals surface area contributed by atoms with Crippen LogP contribution in [0.2, 0.25) is 5.02 Å². The highest BCUT2D eigenvalue weighted by molar-refractivity contribution is 9.10. The molecule has 0 radical (unpaired) electrons. The van der Waals surface area contributed by atoms with Crippen molar-refractivity contribution in [1.29, 1.82) is 5.26 Å². The summed E-state index contributed by atoms with van der Waals surface area (Å²) in [5.41, 5.74) is 9.55. The number of nitrogens with zero attached hydrogens (tertiary/aromatic N) is 2. The van der Waals surface area contributed by atoms with Crippen molar-refractivity contribution in [3.05, 3.63) is 74.5 Å². The van der Waals surface area contributed by atoms with E-state index in [9.17, 15) is 5.26 Å². The topological polar surface area (TPSA) is 96.9 Å². The highest BCUT2D eigenvalue weighted by atomic mass is 79.9. The van der Waals surface area contributed by atoms with E-state index in [0.29, 0.717) is 22.2 Å². The second kappa shape index (κ2) is 7.23. The second-order valence-corrected chi connectivity index (χ2v) is 7.43. The summed E-state index contributed by atoms with van der Waals surface area (Å²) in [5, 5.41) is 17.7. The number of H-pyrrole nitrogens is 1. The van der Waals surface area contributed by atoms with Gasteiger partial charge in [0.1, 0.15) is 17.4 Å². The number of rotatable bonds is 3. The molecule has 140 valence electrons. The van der Waals surface area contributed by atoms with Crippen molar-refractivity contribution in [2.75, 3.05) is 7.11 Å². The maximum atomic E-state index is 9.77. The van der Waals surface area contributed by atoms with Gasteiger partial charge in [-0.15, -0.1) is 5.10 Å². The second-order valence-electron chi connectivity index (χ2n) is 6.14. The van der Waals surface area contributed by atoms with Crippen molar-refractivity contribution in [2.45, 2.75) is 5.92 Å². The van der Waals surface area contributed by atoms with Crippen LogP contribution in [-0.4, -0.2) is 17.3 Å². The molecular formula is C20H14BrClN4O2. The molecule has 0 spiro atoms. The Balaban J connectivity index is 1.93. The van der Waals surface area contributed by atoms with E-state index in [1.165, 1.54) is 0 Å². The van der Waals surface area contributed by atoms with E-state index in [-0.39, 0.29) is 5.88 Å². The molecule has 0 amide bonds. The zero-order chi connectivity index (χ0) is 19.8. The first kappa shape index (κ1) is 18.4. The lowest BCUT2D eigenvalue weighted by atomic mass is 9.83. The van der Waals surface area contributed by atoms with Gasteiger partial charge in [0.05, 0.1) is 28.8 Å². The fourth-order valence-corrected chi connectivity index (χ4v) is 3.96. The molecule has 1 unspecified atom stereocenters. The first-order chi connectivity index (χ1) is 13.5. The smallest absolute Gasteiger partial charge is 0.244 e. The number of hydrogen-bond donors (Lipinski definition) is 2. The van der Waals surface area contributed by atoms with Crippen LogP contribution in [0.4, 0.5) is 0 Å². The minimum Gasteiger partial charge on any atom is -0.496 e. The summed E-state index contributed by atoms with van der Waals surface area (Å²) in [6, 6.07) is 15.2. The molecule has 0 bridgehead atoms. The number of methoxy groups -OCH3 is 1. The van der Waals surface area contributed by atoms with Crippen molar-refractivity contribution in [3.63, 3.8) is 0 Å². The summed E-state index contributed by atoms with van der Waals surface area (Å²) in [6.07, 6.45) is 0. The maximum absolute atomic E-state index is 9.77. The Hall–Kier alpha value is -2.95. The van der Waals surface area contributed by atoms with Gasteiger partial charge in [-0.25, -0.2) is 0 Å². The van der Waals surface area contributed by atoms with Gasteiger partial charge in [0.15, 0.2) is 0 Å². The number of ether oxygens (including phenoxy) is 2. The lowest BCUT2D eigenvalue weighted by molar-refractivity contribution is 0.379. The lowest BCUT2D eigenvalue weighted by Crippen LogP contribution is -2.21. The first-order valence-corrected chi connectivity index (χ1v) is 9.45. The van der Waals surface area contributed by atoms with Crippen LogP contribution in [-0.2, 0) is 0 Å². The highest BCUT2D eigenvalue weighted by Crippen LogP contribution is 2.46. The molecule has 1 aliphatic heterocycles. The zero-order valence-electron chi connectivity index (χ0n) is 14.7. The molecule has 3 N–H and O–H groups in total. The van der Waals surface area contributed by atoms with Gasteiger partial charge in [-0.2, -0.15) is 5.26 Å². The van der Waals surface area contributed by atoms with Gasteiger partial charge in [-0.05, 0) is 45.8 Å². The van der Waals surface area contributed by atoms with Gasteiger partial charge in [0.2, 0.25) is 11.8 Å². The SMILES string of the molecule is COc1ccc(C2C(C#N)=C(N)Oc3n[nH]c(-c4ccc(Cl)cc4)c32)cc1Br. The Bertz CT molecular complexity index is 1130. The summed E-state index contributed by atoms with van der Waals surface area (Å²) in [5.74, 6) is 0.636. The van der Waals surface area contributed by atoms with Crippen LogP contribution < -0.4 is 15.2 Å². The monoisotopic (exact) mass is 456 g/mol. The van der Waals surface area contributed by atoms with Gasteiger partial charge < -0.3 is 15.2 Å². The zero-order valence-corrected chi connectivity index (χ0v) is 17.0. The van der Waals surface area contributed by atoms with Crippen LogP contribution in [0.5, 0.6) is 11.6 Å². The molecule has 2 aromatic carbocycles. The van der Waals surface area contributed by atoms with Crippen LogP contribution in [0.1, 0.15) is 17.0 Å². The van der Waals surface area contributed by atoms with Crippen LogP contribution in [0.25, 0.3) is 11.3 Å². The highest BCUT2D eigenvalue weighted by Gasteiger charge is 2.35. The molecule has 4 rings (SSSR count). The molecule has 0 aliphatic carbocycles. The molecule has 28 heavy (non-hydrogen) atoms. The number of nitriles is 1. The standard InChI is InChI=1S/C20H14BrClN4O2/c1-27-15-7-4-11(8-14(15)21)16-13(9-23)19(24)28-20-17(16)18(25-26-20)10-2-5-12(22)6-3-10/h2-8,16H,24H2,1H3,(H,25,26). The van der Waals surface area contributed by atoms with E-state index < -0.39 is 5.92 Å². The molecule has 3 aromatic rings. The summed E-state index contributed by atoms with van der Waals surface area (Å²) >= 11 is 9.53. The van der Waals surface area contributed by atoms with Crippen LogP contribution >= 0.6 is 27.5 Å². The van der Waals surface area contributed by atoms with E-state index in [1.54, 1.807) is 19.2 Å². The molecule has 2 heterocycles. The third-order valence-corrected chi connectivity index (χ3v) is 5.45. The van der Waals surface area contributed by atoms with E-state index in [2.05, 4.69) is 32.2 Å². The number of fused-ring (bicyclic) bond motifs is 1. The molecule has 1 aliphatic rings. The Labute approximate surface area is 174 Å². The Morgan fingerprint density at radius 2 is 2.04 bits per heavy atom. The number of benzene rings is 2. The van der Waals surface area contributed by atoms with Gasteiger partial charge >= 0.3 is 0 Å². The summed E-state index contributed by atoms with van der Waals surface area (Å²) in [4.78, 5) is 0. The Morgan fingerprint density at radius 3 is 2.68 bits per heavy atom. The van der Waals surface area contributed by atoms with E-state index in [1.807, 2.05) is 30.3 Å². The number of nitrogens with one attached hydrogen (secondary N) is 1.